The minimum absolute atomic E-state index is 0.267. The minimum Gasteiger partial charge on any atom is -0.389 e. The Morgan fingerprint density at radius 2 is 1.86 bits per heavy atom. The molecule has 1 aliphatic carbocycles. The molecule has 1 fully saturated rings. The van der Waals surface area contributed by atoms with E-state index in [-0.39, 0.29) is 6.10 Å². The van der Waals surface area contributed by atoms with Gasteiger partial charge in [-0.1, -0.05) is 6.92 Å². The van der Waals surface area contributed by atoms with Gasteiger partial charge in [0.1, 0.15) is 0 Å². The van der Waals surface area contributed by atoms with Crippen LogP contribution in [-0.2, 0) is 14.6 Å². The first-order valence-electron chi connectivity index (χ1n) is 7.82. The van der Waals surface area contributed by atoms with Gasteiger partial charge in [-0.3, -0.25) is 0 Å². The first kappa shape index (κ1) is 18.9. The van der Waals surface area contributed by atoms with Crippen LogP contribution in [0.3, 0.4) is 0 Å². The van der Waals surface area contributed by atoms with Crippen LogP contribution in [0.5, 0.6) is 0 Å². The zero-order valence-electron chi connectivity index (χ0n) is 13.8. The van der Waals surface area contributed by atoms with Crippen LogP contribution in [0.25, 0.3) is 0 Å². The second kappa shape index (κ2) is 7.90. The van der Waals surface area contributed by atoms with Crippen molar-refractivity contribution >= 4 is 9.84 Å². The summed E-state index contributed by atoms with van der Waals surface area (Å²) in [6, 6.07) is 0. The molecular weight excluding hydrogens is 290 g/mol. The second-order valence-electron chi connectivity index (χ2n) is 7.03. The number of nitrogens with one attached hydrogen (secondary N) is 1. The van der Waals surface area contributed by atoms with Crippen LogP contribution in [0.15, 0.2) is 0 Å². The van der Waals surface area contributed by atoms with Crippen molar-refractivity contribution in [2.24, 2.45) is 5.92 Å². The highest BCUT2D eigenvalue weighted by Gasteiger charge is 2.29. The van der Waals surface area contributed by atoms with Crippen molar-refractivity contribution in [2.45, 2.75) is 63.4 Å². The smallest absolute Gasteiger partial charge is 0.153 e. The molecule has 0 spiro atoms. The molecule has 0 radical (unpaired) electrons. The predicted octanol–water partition coefficient (Wildman–Crippen LogP) is 1.36. The lowest BCUT2D eigenvalue weighted by molar-refractivity contribution is -0.0278. The van der Waals surface area contributed by atoms with E-state index in [1.807, 2.05) is 0 Å². The quantitative estimate of drug-likeness (QED) is 0.706. The van der Waals surface area contributed by atoms with E-state index in [2.05, 4.69) is 12.2 Å². The summed E-state index contributed by atoms with van der Waals surface area (Å²) in [6.07, 6.45) is 5.44. The largest absolute Gasteiger partial charge is 0.389 e. The van der Waals surface area contributed by atoms with Crippen LogP contribution in [0.4, 0.5) is 0 Å². The molecule has 0 amide bonds. The van der Waals surface area contributed by atoms with Gasteiger partial charge in [0.25, 0.3) is 0 Å². The summed E-state index contributed by atoms with van der Waals surface area (Å²) >= 11 is 0. The summed E-state index contributed by atoms with van der Waals surface area (Å²) in [4.78, 5) is 0. The molecule has 1 rings (SSSR count). The molecule has 1 aliphatic rings. The normalized spacial score (nSPS) is 25.8. The Morgan fingerprint density at radius 1 is 1.29 bits per heavy atom. The fraction of sp³-hybridized carbons (Fsp3) is 1.00. The van der Waals surface area contributed by atoms with Crippen molar-refractivity contribution in [3.8, 4) is 0 Å². The van der Waals surface area contributed by atoms with E-state index in [9.17, 15) is 13.5 Å². The molecule has 5 nitrogen and oxygen atoms in total. The lowest BCUT2D eigenvalue weighted by atomic mass is 9.89. The highest BCUT2D eigenvalue weighted by atomic mass is 32.2. The maximum atomic E-state index is 11.6. The average molecular weight is 321 g/mol. The van der Waals surface area contributed by atoms with E-state index >= 15 is 0 Å². The highest BCUT2D eigenvalue weighted by Crippen LogP contribution is 2.25. The van der Waals surface area contributed by atoms with Gasteiger partial charge in [-0.15, -0.1) is 0 Å². The second-order valence-corrected chi connectivity index (χ2v) is 9.68. The van der Waals surface area contributed by atoms with Crippen molar-refractivity contribution in [3.05, 3.63) is 0 Å². The Morgan fingerprint density at radius 3 is 2.38 bits per heavy atom. The molecule has 0 heterocycles. The zero-order valence-corrected chi connectivity index (χ0v) is 14.6. The maximum absolute atomic E-state index is 11.6. The lowest BCUT2D eigenvalue weighted by Gasteiger charge is -2.27. The molecule has 0 aliphatic heterocycles. The molecule has 0 aromatic rings. The van der Waals surface area contributed by atoms with Crippen molar-refractivity contribution in [1.29, 1.82) is 0 Å². The molecular formula is C15H31NO4S. The van der Waals surface area contributed by atoms with Crippen LogP contribution in [0.1, 0.15) is 46.5 Å². The van der Waals surface area contributed by atoms with E-state index in [1.54, 1.807) is 13.8 Å². The predicted molar refractivity (Wildman–Crippen MR) is 85.2 cm³/mol. The number of hydrogen-bond acceptors (Lipinski definition) is 5. The van der Waals surface area contributed by atoms with Crippen molar-refractivity contribution < 1.29 is 18.3 Å². The Hall–Kier alpha value is -0.170. The summed E-state index contributed by atoms with van der Waals surface area (Å²) in [5, 5.41) is 12.9. The summed E-state index contributed by atoms with van der Waals surface area (Å²) in [5.74, 6) is 0.787. The number of aliphatic hydroxyl groups excluding tert-OH is 1. The van der Waals surface area contributed by atoms with Crippen molar-refractivity contribution in [3.63, 3.8) is 0 Å². The van der Waals surface area contributed by atoms with E-state index in [1.165, 1.54) is 19.1 Å². The third-order valence-electron chi connectivity index (χ3n) is 4.42. The van der Waals surface area contributed by atoms with Crippen molar-refractivity contribution in [1.82, 2.24) is 5.32 Å². The molecule has 0 aromatic heterocycles. The minimum atomic E-state index is -3.11. The Bertz CT molecular complexity index is 400. The summed E-state index contributed by atoms with van der Waals surface area (Å²) < 4.78 is 28.0. The van der Waals surface area contributed by atoms with Gasteiger partial charge in [0, 0.05) is 19.3 Å². The molecule has 1 atom stereocenters. The Kier molecular flexibility index (Phi) is 7.10. The lowest BCUT2D eigenvalue weighted by Crippen LogP contribution is -2.44. The van der Waals surface area contributed by atoms with Gasteiger partial charge in [-0.05, 0) is 45.4 Å². The summed E-state index contributed by atoms with van der Waals surface area (Å²) in [6.45, 7) is 6.61. The molecule has 6 heteroatoms. The van der Waals surface area contributed by atoms with Gasteiger partial charge >= 0.3 is 0 Å². The molecule has 1 saturated carbocycles. The maximum Gasteiger partial charge on any atom is 0.153 e. The molecule has 2 N–H and O–H groups in total. The van der Waals surface area contributed by atoms with E-state index in [0.717, 1.165) is 18.8 Å². The topological polar surface area (TPSA) is 75.6 Å². The van der Waals surface area contributed by atoms with E-state index in [4.69, 9.17) is 4.74 Å². The molecule has 0 bridgehead atoms. The van der Waals surface area contributed by atoms with Gasteiger partial charge in [0.2, 0.25) is 0 Å². The van der Waals surface area contributed by atoms with Crippen LogP contribution >= 0.6 is 0 Å². The SMILES string of the molecule is CC1CCC(OCC(O)CNCC(C)(C)S(C)(=O)=O)CC1. The van der Waals surface area contributed by atoms with Gasteiger partial charge in [0.05, 0.1) is 23.6 Å². The standard InChI is InChI=1S/C15H31NO4S/c1-12-5-7-14(8-6-12)20-10-13(17)9-16-11-15(2,3)21(4,18)19/h12-14,16-17H,5-11H2,1-4H3. The van der Waals surface area contributed by atoms with Crippen LogP contribution in [-0.4, -0.2) is 56.4 Å². The first-order chi connectivity index (χ1) is 9.62. The number of rotatable bonds is 8. The summed E-state index contributed by atoms with van der Waals surface area (Å²) in [7, 11) is -3.11. The van der Waals surface area contributed by atoms with Gasteiger partial charge in [-0.25, -0.2) is 8.42 Å². The fourth-order valence-corrected chi connectivity index (χ4v) is 2.74. The zero-order chi connectivity index (χ0) is 16.1. The average Bonchev–Trinajstić information content (AvgIpc) is 2.36. The fourth-order valence-electron chi connectivity index (χ4n) is 2.37. The van der Waals surface area contributed by atoms with Crippen LogP contribution < -0.4 is 5.32 Å². The Labute approximate surface area is 129 Å². The number of aliphatic hydroxyl groups is 1. The van der Waals surface area contributed by atoms with Crippen LogP contribution in [0, 0.1) is 5.92 Å². The molecule has 0 aromatic carbocycles. The van der Waals surface area contributed by atoms with Gasteiger partial charge in [0.15, 0.2) is 9.84 Å². The first-order valence-corrected chi connectivity index (χ1v) is 9.71. The highest BCUT2D eigenvalue weighted by molar-refractivity contribution is 7.92. The monoisotopic (exact) mass is 321 g/mol. The van der Waals surface area contributed by atoms with Crippen LogP contribution in [0.2, 0.25) is 0 Å². The molecule has 0 saturated heterocycles. The van der Waals surface area contributed by atoms with Gasteiger partial charge < -0.3 is 15.2 Å². The number of sulfone groups is 1. The Balaban J connectivity index is 2.18. The van der Waals surface area contributed by atoms with Crippen molar-refractivity contribution in [2.75, 3.05) is 26.0 Å². The summed E-state index contributed by atoms with van der Waals surface area (Å²) in [5.41, 5.74) is 0. The molecule has 21 heavy (non-hydrogen) atoms. The third kappa shape index (κ3) is 6.63. The van der Waals surface area contributed by atoms with Gasteiger partial charge in [-0.2, -0.15) is 0 Å². The molecule has 126 valence electrons. The third-order valence-corrected chi connectivity index (χ3v) is 6.57. The van der Waals surface area contributed by atoms with E-state index in [0.29, 0.717) is 19.7 Å². The van der Waals surface area contributed by atoms with E-state index < -0.39 is 20.7 Å². The number of hydrogen-bond donors (Lipinski definition) is 2. The number of ether oxygens (including phenoxy) is 1. The molecule has 1 unspecified atom stereocenters.